The number of hydrogen-bond donors (Lipinski definition) is 0. The Balaban J connectivity index is 1.94. The lowest BCUT2D eigenvalue weighted by molar-refractivity contribution is 0.298. The van der Waals surface area contributed by atoms with Crippen molar-refractivity contribution in [2.75, 3.05) is 0 Å². The lowest BCUT2D eigenvalue weighted by Crippen LogP contribution is -2.05. The molecule has 0 radical (unpaired) electrons. The molecule has 96 valence electrons. The third kappa shape index (κ3) is 3.35. The van der Waals surface area contributed by atoms with Gasteiger partial charge in [0.25, 0.3) is 0 Å². The van der Waals surface area contributed by atoms with Gasteiger partial charge in [0.2, 0.25) is 0 Å². The van der Waals surface area contributed by atoms with Crippen molar-refractivity contribution in [3.8, 4) is 5.75 Å². The Hall–Kier alpha value is -1.29. The summed E-state index contributed by atoms with van der Waals surface area (Å²) in [6.45, 7) is 4.82. The topological polar surface area (TPSA) is 27.1 Å². The molecular weight excluding hydrogens is 292 g/mol. The van der Waals surface area contributed by atoms with Crippen LogP contribution in [-0.2, 0) is 6.61 Å². The Labute approximate surface area is 116 Å². The summed E-state index contributed by atoms with van der Waals surface area (Å²) >= 11 is 3.40. The Kier molecular flexibility index (Phi) is 4.42. The van der Waals surface area contributed by atoms with Gasteiger partial charge in [0.1, 0.15) is 12.4 Å². The number of hydrogen-bond acceptors (Lipinski definition) is 2. The van der Waals surface area contributed by atoms with E-state index in [0.29, 0.717) is 12.6 Å². The second-order valence-corrected chi connectivity index (χ2v) is 5.20. The fourth-order valence-corrected chi connectivity index (χ4v) is 1.84. The van der Waals surface area contributed by atoms with E-state index in [0.717, 1.165) is 22.3 Å². The first-order chi connectivity index (χ1) is 8.69. The van der Waals surface area contributed by atoms with Crippen LogP contribution in [0.3, 0.4) is 0 Å². The SMILES string of the molecule is CCC(C)n1ccc(COc2ccc(Br)cc2)n1. The van der Waals surface area contributed by atoms with Crippen molar-refractivity contribution in [2.45, 2.75) is 32.9 Å². The van der Waals surface area contributed by atoms with Crippen molar-refractivity contribution in [1.82, 2.24) is 9.78 Å². The van der Waals surface area contributed by atoms with Gasteiger partial charge in [-0.1, -0.05) is 22.9 Å². The summed E-state index contributed by atoms with van der Waals surface area (Å²) in [5, 5.41) is 4.50. The first-order valence-corrected chi connectivity index (χ1v) is 6.90. The zero-order chi connectivity index (χ0) is 13.0. The van der Waals surface area contributed by atoms with Crippen LogP contribution in [0.15, 0.2) is 41.0 Å². The van der Waals surface area contributed by atoms with Gasteiger partial charge >= 0.3 is 0 Å². The van der Waals surface area contributed by atoms with E-state index in [9.17, 15) is 0 Å². The van der Waals surface area contributed by atoms with Gasteiger partial charge in [-0.25, -0.2) is 0 Å². The highest BCUT2D eigenvalue weighted by Crippen LogP contribution is 2.17. The average Bonchev–Trinajstić information content (AvgIpc) is 2.86. The summed E-state index contributed by atoms with van der Waals surface area (Å²) in [7, 11) is 0. The molecule has 0 saturated heterocycles. The molecule has 0 spiro atoms. The maximum Gasteiger partial charge on any atom is 0.132 e. The zero-order valence-corrected chi connectivity index (χ0v) is 12.2. The molecule has 1 aromatic carbocycles. The molecule has 3 nitrogen and oxygen atoms in total. The number of rotatable bonds is 5. The molecule has 0 bridgehead atoms. The zero-order valence-electron chi connectivity index (χ0n) is 10.6. The molecule has 1 atom stereocenters. The largest absolute Gasteiger partial charge is 0.487 e. The van der Waals surface area contributed by atoms with Crippen molar-refractivity contribution in [1.29, 1.82) is 0 Å². The molecule has 1 aromatic heterocycles. The highest BCUT2D eigenvalue weighted by Gasteiger charge is 2.05. The van der Waals surface area contributed by atoms with E-state index in [1.807, 2.05) is 41.2 Å². The monoisotopic (exact) mass is 308 g/mol. The van der Waals surface area contributed by atoms with Gasteiger partial charge in [-0.3, -0.25) is 4.68 Å². The quantitative estimate of drug-likeness (QED) is 0.828. The lowest BCUT2D eigenvalue weighted by atomic mass is 10.3. The van der Waals surface area contributed by atoms with Crippen LogP contribution in [0.4, 0.5) is 0 Å². The number of benzene rings is 1. The Morgan fingerprint density at radius 2 is 2.00 bits per heavy atom. The van der Waals surface area contributed by atoms with Gasteiger partial charge in [0.15, 0.2) is 0 Å². The fraction of sp³-hybridized carbons (Fsp3) is 0.357. The van der Waals surface area contributed by atoms with Crippen molar-refractivity contribution in [2.24, 2.45) is 0 Å². The normalized spacial score (nSPS) is 12.4. The second-order valence-electron chi connectivity index (χ2n) is 4.29. The van der Waals surface area contributed by atoms with Gasteiger partial charge in [-0.15, -0.1) is 0 Å². The molecule has 1 heterocycles. The summed E-state index contributed by atoms with van der Waals surface area (Å²) in [4.78, 5) is 0. The highest BCUT2D eigenvalue weighted by atomic mass is 79.9. The molecule has 0 amide bonds. The number of halogens is 1. The molecule has 0 saturated carbocycles. The maximum absolute atomic E-state index is 5.68. The molecule has 0 aliphatic carbocycles. The van der Waals surface area contributed by atoms with E-state index in [4.69, 9.17) is 4.74 Å². The van der Waals surface area contributed by atoms with Gasteiger partial charge < -0.3 is 4.74 Å². The summed E-state index contributed by atoms with van der Waals surface area (Å²) in [6, 6.07) is 10.3. The van der Waals surface area contributed by atoms with E-state index in [2.05, 4.69) is 34.9 Å². The van der Waals surface area contributed by atoms with Crippen LogP contribution in [0.25, 0.3) is 0 Å². The highest BCUT2D eigenvalue weighted by molar-refractivity contribution is 9.10. The first-order valence-electron chi connectivity index (χ1n) is 6.11. The van der Waals surface area contributed by atoms with E-state index in [1.165, 1.54) is 0 Å². The van der Waals surface area contributed by atoms with Crippen LogP contribution in [0.5, 0.6) is 5.75 Å². The van der Waals surface area contributed by atoms with Crippen LogP contribution in [0.2, 0.25) is 0 Å². The summed E-state index contributed by atoms with van der Waals surface area (Å²) in [5.41, 5.74) is 0.957. The molecule has 0 aliphatic heterocycles. The minimum atomic E-state index is 0.437. The number of nitrogens with zero attached hydrogens (tertiary/aromatic N) is 2. The van der Waals surface area contributed by atoms with Crippen LogP contribution >= 0.6 is 15.9 Å². The van der Waals surface area contributed by atoms with E-state index in [1.54, 1.807) is 0 Å². The van der Waals surface area contributed by atoms with E-state index < -0.39 is 0 Å². The minimum Gasteiger partial charge on any atom is -0.487 e. The Morgan fingerprint density at radius 1 is 1.28 bits per heavy atom. The van der Waals surface area contributed by atoms with Crippen LogP contribution < -0.4 is 4.74 Å². The first kappa shape index (κ1) is 13.1. The van der Waals surface area contributed by atoms with E-state index in [-0.39, 0.29) is 0 Å². The molecule has 18 heavy (non-hydrogen) atoms. The minimum absolute atomic E-state index is 0.437. The van der Waals surface area contributed by atoms with Crippen LogP contribution in [0, 0.1) is 0 Å². The van der Waals surface area contributed by atoms with Gasteiger partial charge in [-0.2, -0.15) is 5.10 Å². The molecule has 0 aliphatic rings. The number of ether oxygens (including phenoxy) is 1. The molecule has 2 rings (SSSR count). The average molecular weight is 309 g/mol. The standard InChI is InChI=1S/C14H17BrN2O/c1-3-11(2)17-9-8-13(16-17)10-18-14-6-4-12(15)5-7-14/h4-9,11H,3,10H2,1-2H3. The predicted octanol–water partition coefficient (Wildman–Crippen LogP) is 4.20. The second kappa shape index (κ2) is 6.05. The number of aromatic nitrogens is 2. The molecule has 0 N–H and O–H groups in total. The van der Waals surface area contributed by atoms with Gasteiger partial charge in [0, 0.05) is 16.7 Å². The molecule has 4 heteroatoms. The molecule has 1 unspecified atom stereocenters. The predicted molar refractivity (Wildman–Crippen MR) is 75.7 cm³/mol. The van der Waals surface area contributed by atoms with Crippen LogP contribution in [0.1, 0.15) is 32.0 Å². The van der Waals surface area contributed by atoms with Crippen molar-refractivity contribution < 1.29 is 4.74 Å². The summed E-state index contributed by atoms with van der Waals surface area (Å²) < 4.78 is 8.72. The van der Waals surface area contributed by atoms with Crippen molar-refractivity contribution in [3.63, 3.8) is 0 Å². The van der Waals surface area contributed by atoms with E-state index >= 15 is 0 Å². The summed E-state index contributed by atoms with van der Waals surface area (Å²) in [5.74, 6) is 0.858. The molecular formula is C14H17BrN2O. The fourth-order valence-electron chi connectivity index (χ4n) is 1.58. The van der Waals surface area contributed by atoms with Crippen LogP contribution in [-0.4, -0.2) is 9.78 Å². The Morgan fingerprint density at radius 3 is 2.67 bits per heavy atom. The van der Waals surface area contributed by atoms with Gasteiger partial charge in [0.05, 0.1) is 5.69 Å². The molecule has 2 aromatic rings. The van der Waals surface area contributed by atoms with Gasteiger partial charge in [-0.05, 0) is 43.7 Å². The third-order valence-electron chi connectivity index (χ3n) is 2.91. The smallest absolute Gasteiger partial charge is 0.132 e. The Bertz CT molecular complexity index is 493. The maximum atomic E-state index is 5.68. The summed E-state index contributed by atoms with van der Waals surface area (Å²) in [6.07, 6.45) is 3.09. The van der Waals surface area contributed by atoms with Crippen molar-refractivity contribution in [3.05, 3.63) is 46.7 Å². The third-order valence-corrected chi connectivity index (χ3v) is 3.44. The molecule has 0 fully saturated rings. The lowest BCUT2D eigenvalue weighted by Gasteiger charge is -2.08. The van der Waals surface area contributed by atoms with Crippen molar-refractivity contribution >= 4 is 15.9 Å².